The monoisotopic (exact) mass is 235 g/mol. The molecule has 1 N–H and O–H groups in total. The van der Waals surface area contributed by atoms with Crippen molar-refractivity contribution in [2.75, 3.05) is 38.2 Å². The number of nitrogens with zero attached hydrogens (tertiary/aromatic N) is 3. The van der Waals surface area contributed by atoms with Crippen LogP contribution in [-0.4, -0.2) is 54.3 Å². The highest BCUT2D eigenvalue weighted by molar-refractivity contribution is 5.84. The Bertz CT molecular complexity index is 375. The van der Waals surface area contributed by atoms with Crippen molar-refractivity contribution in [3.63, 3.8) is 0 Å². The van der Waals surface area contributed by atoms with Gasteiger partial charge in [0.2, 0.25) is 0 Å². The fourth-order valence-electron chi connectivity index (χ4n) is 1.96. The van der Waals surface area contributed by atoms with Gasteiger partial charge in [0.05, 0.1) is 5.69 Å². The molecule has 1 aliphatic rings. The van der Waals surface area contributed by atoms with E-state index in [0.717, 1.165) is 26.2 Å². The maximum Gasteiger partial charge on any atom is 0.426 e. The van der Waals surface area contributed by atoms with Crippen LogP contribution in [0.15, 0.2) is 30.3 Å². The number of anilines is 1. The lowest BCUT2D eigenvalue weighted by Gasteiger charge is -2.38. The van der Waals surface area contributed by atoms with Crippen LogP contribution in [0.25, 0.3) is 0 Å². The average molecular weight is 235 g/mol. The Balaban J connectivity index is 2.16. The minimum absolute atomic E-state index is 0.699. The molecule has 1 aromatic carbocycles. The van der Waals surface area contributed by atoms with E-state index in [2.05, 4.69) is 4.90 Å². The van der Waals surface area contributed by atoms with Gasteiger partial charge in [-0.3, -0.25) is 0 Å². The van der Waals surface area contributed by atoms with Crippen molar-refractivity contribution in [3.05, 3.63) is 30.3 Å². The zero-order valence-corrected chi connectivity index (χ0v) is 9.91. The van der Waals surface area contributed by atoms with E-state index in [9.17, 15) is 9.90 Å². The van der Waals surface area contributed by atoms with Gasteiger partial charge in [0.15, 0.2) is 0 Å². The summed E-state index contributed by atoms with van der Waals surface area (Å²) in [4.78, 5) is 13.5. The Kier molecular flexibility index (Phi) is 3.61. The number of rotatable bonds is 2. The second-order valence-electron chi connectivity index (χ2n) is 4.19. The quantitative estimate of drug-likeness (QED) is 0.840. The summed E-state index contributed by atoms with van der Waals surface area (Å²) in [6, 6.07) is 9.20. The third-order valence-electron chi connectivity index (χ3n) is 2.94. The summed E-state index contributed by atoms with van der Waals surface area (Å²) >= 11 is 0. The normalized spacial score (nSPS) is 17.9. The van der Waals surface area contributed by atoms with E-state index in [1.807, 2.05) is 42.4 Å². The summed E-state index contributed by atoms with van der Waals surface area (Å²) in [6.07, 6.45) is -0.930. The molecule has 1 saturated heterocycles. The van der Waals surface area contributed by atoms with Crippen LogP contribution in [0.1, 0.15) is 0 Å². The van der Waals surface area contributed by atoms with E-state index in [1.165, 1.54) is 5.01 Å². The molecule has 0 atom stereocenters. The highest BCUT2D eigenvalue weighted by Crippen LogP contribution is 2.17. The minimum Gasteiger partial charge on any atom is -0.464 e. The second kappa shape index (κ2) is 5.16. The Morgan fingerprint density at radius 2 is 1.76 bits per heavy atom. The van der Waals surface area contributed by atoms with Crippen molar-refractivity contribution < 1.29 is 9.90 Å². The fraction of sp³-hybridized carbons (Fsp3) is 0.417. The van der Waals surface area contributed by atoms with Crippen molar-refractivity contribution >= 4 is 11.8 Å². The number of likely N-dealkylation sites (N-methyl/N-ethyl adjacent to an activating group) is 1. The van der Waals surface area contributed by atoms with Crippen LogP contribution in [0.4, 0.5) is 10.5 Å². The van der Waals surface area contributed by atoms with E-state index < -0.39 is 6.09 Å². The molecule has 1 fully saturated rings. The largest absolute Gasteiger partial charge is 0.464 e. The molecule has 0 radical (unpaired) electrons. The fourth-order valence-corrected chi connectivity index (χ4v) is 1.96. The second-order valence-corrected chi connectivity index (χ2v) is 4.19. The van der Waals surface area contributed by atoms with Gasteiger partial charge in [-0.15, -0.1) is 0 Å². The maximum atomic E-state index is 11.4. The Morgan fingerprint density at radius 3 is 2.29 bits per heavy atom. The molecule has 1 amide bonds. The summed E-state index contributed by atoms with van der Waals surface area (Å²) < 4.78 is 0. The van der Waals surface area contributed by atoms with Gasteiger partial charge in [-0.25, -0.2) is 14.8 Å². The number of hydrazine groups is 1. The maximum absolute atomic E-state index is 11.4. The minimum atomic E-state index is -0.930. The molecule has 0 unspecified atom stereocenters. The molecule has 1 heterocycles. The number of amides is 1. The molecule has 5 heteroatoms. The lowest BCUT2D eigenvalue weighted by Crippen LogP contribution is -2.54. The van der Waals surface area contributed by atoms with Gasteiger partial charge in [-0.05, 0) is 19.2 Å². The molecule has 1 aliphatic heterocycles. The van der Waals surface area contributed by atoms with Crippen LogP contribution < -0.4 is 5.01 Å². The first kappa shape index (κ1) is 11.9. The third kappa shape index (κ3) is 2.75. The molecule has 1 aromatic rings. The van der Waals surface area contributed by atoms with E-state index in [0.29, 0.717) is 5.69 Å². The summed E-state index contributed by atoms with van der Waals surface area (Å²) in [7, 11) is 2.05. The zero-order valence-electron chi connectivity index (χ0n) is 9.91. The first-order chi connectivity index (χ1) is 8.18. The molecule has 0 spiro atoms. The molecule has 2 rings (SSSR count). The highest BCUT2D eigenvalue weighted by Gasteiger charge is 2.25. The summed E-state index contributed by atoms with van der Waals surface area (Å²) in [5, 5.41) is 12.5. The lowest BCUT2D eigenvalue weighted by atomic mass is 10.3. The van der Waals surface area contributed by atoms with Crippen LogP contribution in [0.2, 0.25) is 0 Å². The highest BCUT2D eigenvalue weighted by atomic mass is 16.4. The van der Waals surface area contributed by atoms with Crippen molar-refractivity contribution in [2.24, 2.45) is 0 Å². The first-order valence-corrected chi connectivity index (χ1v) is 5.70. The molecule has 92 valence electrons. The standard InChI is InChI=1S/C12H17N3O2/c1-13-7-9-14(10-8-13)15(12(16)17)11-5-3-2-4-6-11/h2-6H,7-10H2,1H3,(H,16,17). The number of para-hydroxylation sites is 1. The number of hydrogen-bond acceptors (Lipinski definition) is 3. The van der Waals surface area contributed by atoms with Crippen molar-refractivity contribution in [3.8, 4) is 0 Å². The van der Waals surface area contributed by atoms with Gasteiger partial charge in [-0.1, -0.05) is 18.2 Å². The molecule has 0 aliphatic carbocycles. The van der Waals surface area contributed by atoms with Crippen molar-refractivity contribution in [1.29, 1.82) is 0 Å². The zero-order chi connectivity index (χ0) is 12.3. The molecule has 17 heavy (non-hydrogen) atoms. The van der Waals surface area contributed by atoms with Gasteiger partial charge in [0.1, 0.15) is 0 Å². The molecule has 0 bridgehead atoms. The predicted molar refractivity (Wildman–Crippen MR) is 66.0 cm³/mol. The van der Waals surface area contributed by atoms with E-state index in [4.69, 9.17) is 0 Å². The lowest BCUT2D eigenvalue weighted by molar-refractivity contribution is 0.126. The molecular formula is C12H17N3O2. The number of carboxylic acid groups (broad SMARTS) is 1. The molecule has 0 aromatic heterocycles. The van der Waals surface area contributed by atoms with Crippen LogP contribution in [0, 0.1) is 0 Å². The molecule has 0 saturated carbocycles. The number of benzene rings is 1. The molecule has 5 nitrogen and oxygen atoms in total. The van der Waals surface area contributed by atoms with Crippen molar-refractivity contribution in [1.82, 2.24) is 9.91 Å². The van der Waals surface area contributed by atoms with Crippen LogP contribution >= 0.6 is 0 Å². The van der Waals surface area contributed by atoms with Gasteiger partial charge in [0.25, 0.3) is 0 Å². The van der Waals surface area contributed by atoms with Crippen LogP contribution in [-0.2, 0) is 0 Å². The van der Waals surface area contributed by atoms with E-state index in [-0.39, 0.29) is 0 Å². The van der Waals surface area contributed by atoms with Crippen molar-refractivity contribution in [2.45, 2.75) is 0 Å². The Morgan fingerprint density at radius 1 is 1.18 bits per heavy atom. The SMILES string of the molecule is CN1CCN(N(C(=O)O)c2ccccc2)CC1. The number of piperazine rings is 1. The van der Waals surface area contributed by atoms with Gasteiger partial charge in [0, 0.05) is 26.2 Å². The Labute approximate surface area is 101 Å². The summed E-state index contributed by atoms with van der Waals surface area (Å²) in [5.41, 5.74) is 0.699. The molecular weight excluding hydrogens is 218 g/mol. The van der Waals surface area contributed by atoms with Gasteiger partial charge >= 0.3 is 6.09 Å². The number of carbonyl (C=O) groups is 1. The number of hydrogen-bond donors (Lipinski definition) is 1. The van der Waals surface area contributed by atoms with Gasteiger partial charge < -0.3 is 10.0 Å². The van der Waals surface area contributed by atoms with E-state index >= 15 is 0 Å². The van der Waals surface area contributed by atoms with Crippen LogP contribution in [0.3, 0.4) is 0 Å². The first-order valence-electron chi connectivity index (χ1n) is 5.70. The summed E-state index contributed by atoms with van der Waals surface area (Å²) in [5.74, 6) is 0. The summed E-state index contributed by atoms with van der Waals surface area (Å²) in [6.45, 7) is 3.24. The predicted octanol–water partition coefficient (Wildman–Crippen LogP) is 1.33. The third-order valence-corrected chi connectivity index (χ3v) is 2.94. The Hall–Kier alpha value is -1.59. The smallest absolute Gasteiger partial charge is 0.426 e. The van der Waals surface area contributed by atoms with Crippen LogP contribution in [0.5, 0.6) is 0 Å². The van der Waals surface area contributed by atoms with Gasteiger partial charge in [-0.2, -0.15) is 0 Å². The van der Waals surface area contributed by atoms with E-state index in [1.54, 1.807) is 0 Å². The average Bonchev–Trinajstić information content (AvgIpc) is 2.33. The topological polar surface area (TPSA) is 47.0 Å².